The van der Waals surface area contributed by atoms with E-state index >= 15 is 0 Å². The molecule has 1 aromatic heterocycles. The van der Waals surface area contributed by atoms with Crippen molar-refractivity contribution < 1.29 is 4.79 Å². The number of carbonyl (C=O) groups is 1. The fourth-order valence-corrected chi connectivity index (χ4v) is 4.98. The predicted octanol–water partition coefficient (Wildman–Crippen LogP) is 4.76. The van der Waals surface area contributed by atoms with Gasteiger partial charge in [0, 0.05) is 18.1 Å². The Morgan fingerprint density at radius 2 is 1.90 bits per heavy atom. The highest BCUT2D eigenvalue weighted by molar-refractivity contribution is 8.00. The van der Waals surface area contributed by atoms with Gasteiger partial charge >= 0.3 is 0 Å². The number of hydrogen-bond donors (Lipinski definition) is 0. The van der Waals surface area contributed by atoms with E-state index in [-0.39, 0.29) is 16.7 Å². The topological polar surface area (TPSA) is 55.2 Å². The normalized spacial score (nSPS) is 15.0. The molecule has 4 rings (SSSR count). The first-order valence-electron chi connectivity index (χ1n) is 10.1. The third-order valence-electron chi connectivity index (χ3n) is 5.67. The summed E-state index contributed by atoms with van der Waals surface area (Å²) in [5.74, 6) is 0.0884. The first-order valence-corrected chi connectivity index (χ1v) is 11.4. The highest BCUT2D eigenvalue weighted by Crippen LogP contribution is 2.29. The maximum Gasteiger partial charge on any atom is 0.266 e. The number of thioether (sulfide) groups is 1. The van der Waals surface area contributed by atoms with Crippen LogP contribution in [-0.2, 0) is 4.79 Å². The van der Waals surface area contributed by atoms with Crippen molar-refractivity contribution in [2.75, 3.05) is 13.1 Å². The number of benzene rings is 2. The number of nitrogens with zero attached hydrogens (tertiary/aromatic N) is 3. The van der Waals surface area contributed by atoms with E-state index in [0.29, 0.717) is 21.1 Å². The van der Waals surface area contributed by atoms with Gasteiger partial charge < -0.3 is 4.90 Å². The van der Waals surface area contributed by atoms with Crippen LogP contribution in [0.2, 0.25) is 5.02 Å². The summed E-state index contributed by atoms with van der Waals surface area (Å²) in [7, 11) is 0. The number of carbonyl (C=O) groups excluding carboxylic acids is 1. The zero-order valence-corrected chi connectivity index (χ0v) is 18.9. The summed E-state index contributed by atoms with van der Waals surface area (Å²) < 4.78 is 1.64. The molecule has 7 heteroatoms. The van der Waals surface area contributed by atoms with Crippen LogP contribution in [0.4, 0.5) is 0 Å². The second-order valence-electron chi connectivity index (χ2n) is 7.71. The molecule has 2 aromatic carbocycles. The number of likely N-dealkylation sites (tertiary alicyclic amines) is 1. The number of fused-ring (bicyclic) bond motifs is 1. The average molecular weight is 442 g/mol. The van der Waals surface area contributed by atoms with Gasteiger partial charge in [0.25, 0.3) is 5.56 Å². The number of halogens is 1. The van der Waals surface area contributed by atoms with Gasteiger partial charge in [-0.05, 0) is 69.0 Å². The summed E-state index contributed by atoms with van der Waals surface area (Å²) in [6, 6.07) is 11.0. The monoisotopic (exact) mass is 441 g/mol. The van der Waals surface area contributed by atoms with Crippen molar-refractivity contribution in [3.8, 4) is 5.69 Å². The van der Waals surface area contributed by atoms with Gasteiger partial charge in [-0.15, -0.1) is 0 Å². The van der Waals surface area contributed by atoms with E-state index in [0.717, 1.165) is 42.7 Å². The molecule has 2 heterocycles. The smallest absolute Gasteiger partial charge is 0.266 e. The minimum atomic E-state index is -0.344. The van der Waals surface area contributed by atoms with E-state index < -0.39 is 0 Å². The molecular formula is C23H24ClN3O2S. The summed E-state index contributed by atoms with van der Waals surface area (Å²) in [5.41, 5.74) is 3.27. The van der Waals surface area contributed by atoms with Crippen molar-refractivity contribution in [1.82, 2.24) is 14.5 Å². The quantitative estimate of drug-likeness (QED) is 0.432. The molecule has 5 nitrogen and oxygen atoms in total. The highest BCUT2D eigenvalue weighted by atomic mass is 35.5. The first-order chi connectivity index (χ1) is 14.4. The van der Waals surface area contributed by atoms with E-state index in [1.165, 1.54) is 11.8 Å². The Kier molecular flexibility index (Phi) is 5.89. The molecule has 1 aliphatic rings. The average Bonchev–Trinajstić information content (AvgIpc) is 3.25. The van der Waals surface area contributed by atoms with Gasteiger partial charge in [-0.25, -0.2) is 4.98 Å². The molecule has 0 aliphatic carbocycles. The van der Waals surface area contributed by atoms with E-state index in [1.807, 2.05) is 43.9 Å². The second kappa shape index (κ2) is 8.44. The number of amides is 1. The fourth-order valence-electron chi connectivity index (χ4n) is 3.81. The lowest BCUT2D eigenvalue weighted by atomic mass is 10.1. The third-order valence-corrected chi connectivity index (χ3v) is 6.94. The number of rotatable bonds is 4. The van der Waals surface area contributed by atoms with Gasteiger partial charge in [0.2, 0.25) is 5.91 Å². The Labute approximate surface area is 185 Å². The van der Waals surface area contributed by atoms with Gasteiger partial charge in [0.1, 0.15) is 0 Å². The molecule has 0 spiro atoms. The molecule has 156 valence electrons. The summed E-state index contributed by atoms with van der Waals surface area (Å²) in [4.78, 5) is 33.1. The van der Waals surface area contributed by atoms with Crippen molar-refractivity contribution in [3.63, 3.8) is 0 Å². The minimum Gasteiger partial charge on any atom is -0.342 e. The maximum absolute atomic E-state index is 13.5. The van der Waals surface area contributed by atoms with Crippen LogP contribution in [0.1, 0.15) is 30.9 Å². The molecular weight excluding hydrogens is 418 g/mol. The summed E-state index contributed by atoms with van der Waals surface area (Å²) in [6.07, 6.45) is 2.09. The van der Waals surface area contributed by atoms with Gasteiger partial charge in [-0.2, -0.15) is 0 Å². The number of aromatic nitrogens is 2. The van der Waals surface area contributed by atoms with Crippen molar-refractivity contribution in [1.29, 1.82) is 0 Å². The molecule has 1 amide bonds. The first kappa shape index (κ1) is 20.9. The van der Waals surface area contributed by atoms with Gasteiger partial charge in [-0.1, -0.05) is 35.5 Å². The van der Waals surface area contributed by atoms with Crippen LogP contribution >= 0.6 is 23.4 Å². The van der Waals surface area contributed by atoms with Crippen molar-refractivity contribution in [3.05, 3.63) is 62.9 Å². The summed E-state index contributed by atoms with van der Waals surface area (Å²) in [6.45, 7) is 7.50. The molecule has 1 aliphatic heterocycles. The molecule has 1 unspecified atom stereocenters. The lowest BCUT2D eigenvalue weighted by molar-refractivity contribution is -0.129. The van der Waals surface area contributed by atoms with E-state index in [1.54, 1.807) is 22.8 Å². The van der Waals surface area contributed by atoms with Crippen LogP contribution in [-0.4, -0.2) is 38.7 Å². The molecule has 1 saturated heterocycles. The SMILES string of the molecule is Cc1cccc(-n2c(SC(C)C(=O)N3CCCC3)nc3cc(Cl)ccc3c2=O)c1C. The molecule has 0 radical (unpaired) electrons. The summed E-state index contributed by atoms with van der Waals surface area (Å²) in [5, 5.41) is 1.19. The van der Waals surface area contributed by atoms with Crippen LogP contribution in [0.3, 0.4) is 0 Å². The Morgan fingerprint density at radius 1 is 1.17 bits per heavy atom. The Bertz CT molecular complexity index is 1190. The molecule has 0 bridgehead atoms. The molecule has 0 N–H and O–H groups in total. The number of aryl methyl sites for hydroxylation is 1. The van der Waals surface area contributed by atoms with E-state index in [9.17, 15) is 9.59 Å². The Balaban J connectivity index is 1.87. The van der Waals surface area contributed by atoms with Crippen molar-refractivity contribution >= 4 is 40.2 Å². The van der Waals surface area contributed by atoms with Crippen LogP contribution in [0, 0.1) is 13.8 Å². The summed E-state index contributed by atoms with van der Waals surface area (Å²) >= 11 is 7.48. The molecule has 0 saturated carbocycles. The van der Waals surface area contributed by atoms with Crippen molar-refractivity contribution in [2.24, 2.45) is 0 Å². The predicted molar refractivity (Wildman–Crippen MR) is 123 cm³/mol. The molecule has 30 heavy (non-hydrogen) atoms. The van der Waals surface area contributed by atoms with Crippen molar-refractivity contribution in [2.45, 2.75) is 44.0 Å². The number of hydrogen-bond acceptors (Lipinski definition) is 4. The van der Waals surface area contributed by atoms with Crippen LogP contribution in [0.25, 0.3) is 16.6 Å². The van der Waals surface area contributed by atoms with Crippen LogP contribution in [0.5, 0.6) is 0 Å². The van der Waals surface area contributed by atoms with E-state index in [2.05, 4.69) is 0 Å². The molecule has 3 aromatic rings. The molecule has 1 fully saturated rings. The van der Waals surface area contributed by atoms with Gasteiger partial charge in [-0.3, -0.25) is 14.2 Å². The third kappa shape index (κ3) is 3.86. The standard InChI is InChI=1S/C23H24ClN3O2S/c1-14-7-6-8-20(15(14)2)27-22(29)18-10-9-17(24)13-19(18)25-23(27)30-16(3)21(28)26-11-4-5-12-26/h6-10,13,16H,4-5,11-12H2,1-3H3. The largest absolute Gasteiger partial charge is 0.342 e. The minimum absolute atomic E-state index is 0.0884. The van der Waals surface area contributed by atoms with Crippen LogP contribution in [0.15, 0.2) is 46.3 Å². The van der Waals surface area contributed by atoms with Crippen LogP contribution < -0.4 is 5.56 Å². The Hall–Kier alpha value is -2.31. The lowest BCUT2D eigenvalue weighted by Gasteiger charge is -2.21. The highest BCUT2D eigenvalue weighted by Gasteiger charge is 2.26. The van der Waals surface area contributed by atoms with Gasteiger partial charge in [0.15, 0.2) is 5.16 Å². The maximum atomic E-state index is 13.5. The van der Waals surface area contributed by atoms with Gasteiger partial charge in [0.05, 0.1) is 21.8 Å². The second-order valence-corrected chi connectivity index (χ2v) is 9.45. The Morgan fingerprint density at radius 3 is 2.63 bits per heavy atom. The fraction of sp³-hybridized carbons (Fsp3) is 0.348. The molecule has 1 atom stereocenters. The zero-order chi connectivity index (χ0) is 21.4. The van der Waals surface area contributed by atoms with E-state index in [4.69, 9.17) is 16.6 Å². The zero-order valence-electron chi connectivity index (χ0n) is 17.3. The lowest BCUT2D eigenvalue weighted by Crippen LogP contribution is -2.34.